The van der Waals surface area contributed by atoms with Crippen LogP contribution in [0.5, 0.6) is 0 Å². The lowest BCUT2D eigenvalue weighted by atomic mass is 9.87. The highest BCUT2D eigenvalue weighted by Gasteiger charge is 2.26. The Kier molecular flexibility index (Phi) is 5.82. The molecule has 1 unspecified atom stereocenters. The molecule has 0 aromatic rings. The summed E-state index contributed by atoms with van der Waals surface area (Å²) in [7, 11) is 0. The van der Waals surface area contributed by atoms with Crippen LogP contribution in [0.1, 0.15) is 54.9 Å². The Labute approximate surface area is 95.8 Å². The number of nitrogens with one attached hydrogen (secondary N) is 1. The zero-order valence-electron chi connectivity index (χ0n) is 11.6. The molecule has 92 valence electrons. The van der Waals surface area contributed by atoms with Gasteiger partial charge < -0.3 is 10.1 Å². The second-order valence-corrected chi connectivity index (χ2v) is 5.90. The minimum absolute atomic E-state index is 0.00107. The smallest absolute Gasteiger partial charge is 0.0631 e. The van der Waals surface area contributed by atoms with Crippen LogP contribution < -0.4 is 5.32 Å². The number of rotatable bonds is 6. The Morgan fingerprint density at radius 1 is 1.07 bits per heavy atom. The molecule has 2 nitrogen and oxygen atoms in total. The van der Waals surface area contributed by atoms with Gasteiger partial charge in [-0.15, -0.1) is 0 Å². The van der Waals surface area contributed by atoms with Gasteiger partial charge in [0.2, 0.25) is 0 Å². The van der Waals surface area contributed by atoms with Crippen molar-refractivity contribution in [2.75, 3.05) is 13.2 Å². The van der Waals surface area contributed by atoms with Crippen LogP contribution in [0.25, 0.3) is 0 Å². The van der Waals surface area contributed by atoms with Crippen molar-refractivity contribution in [2.24, 2.45) is 5.41 Å². The van der Waals surface area contributed by atoms with Crippen molar-refractivity contribution in [1.29, 1.82) is 0 Å². The van der Waals surface area contributed by atoms with Gasteiger partial charge in [0.05, 0.1) is 12.2 Å². The van der Waals surface area contributed by atoms with Crippen LogP contribution in [-0.4, -0.2) is 24.8 Å². The molecule has 0 saturated carbocycles. The topological polar surface area (TPSA) is 21.3 Å². The fourth-order valence-electron chi connectivity index (χ4n) is 1.27. The fourth-order valence-corrected chi connectivity index (χ4v) is 1.27. The maximum absolute atomic E-state index is 5.96. The second-order valence-electron chi connectivity index (χ2n) is 5.90. The molecule has 0 bridgehead atoms. The predicted molar refractivity (Wildman–Crippen MR) is 67.2 cm³/mol. The molecule has 0 amide bonds. The van der Waals surface area contributed by atoms with Gasteiger partial charge in [0.15, 0.2) is 0 Å². The molecule has 0 aromatic carbocycles. The molecule has 0 aliphatic carbocycles. The first kappa shape index (κ1) is 14.9. The Hall–Kier alpha value is -0.0800. The van der Waals surface area contributed by atoms with Crippen LogP contribution in [-0.2, 0) is 4.74 Å². The zero-order valence-corrected chi connectivity index (χ0v) is 11.6. The molecule has 0 aliphatic rings. The number of hydrogen-bond donors (Lipinski definition) is 1. The number of ether oxygens (including phenoxy) is 1. The molecule has 2 heteroatoms. The summed E-state index contributed by atoms with van der Waals surface area (Å²) in [6.45, 7) is 17.2. The Morgan fingerprint density at radius 2 is 1.60 bits per heavy atom. The summed E-state index contributed by atoms with van der Waals surface area (Å²) in [5.41, 5.74) is 0.249. The third-order valence-electron chi connectivity index (χ3n) is 2.99. The maximum Gasteiger partial charge on any atom is 0.0631 e. The van der Waals surface area contributed by atoms with Crippen LogP contribution in [0.2, 0.25) is 0 Å². The maximum atomic E-state index is 5.96. The third kappa shape index (κ3) is 6.16. The van der Waals surface area contributed by atoms with Crippen LogP contribution in [0.3, 0.4) is 0 Å². The van der Waals surface area contributed by atoms with Crippen LogP contribution >= 0.6 is 0 Å². The first-order valence-electron chi connectivity index (χ1n) is 6.10. The molecular formula is C13H29NO. The van der Waals surface area contributed by atoms with Crippen molar-refractivity contribution in [3.05, 3.63) is 0 Å². The van der Waals surface area contributed by atoms with Crippen LogP contribution in [0, 0.1) is 5.41 Å². The highest BCUT2D eigenvalue weighted by atomic mass is 16.5. The lowest BCUT2D eigenvalue weighted by Gasteiger charge is -2.34. The van der Waals surface area contributed by atoms with Gasteiger partial charge >= 0.3 is 0 Å². The van der Waals surface area contributed by atoms with Gasteiger partial charge in [-0.2, -0.15) is 0 Å². The SMILES string of the molecule is CCNC(COC(C)(C)CC)C(C)(C)C. The molecule has 0 saturated heterocycles. The first-order chi connectivity index (χ1) is 6.73. The normalized spacial score (nSPS) is 15.4. The van der Waals surface area contributed by atoms with E-state index in [4.69, 9.17) is 4.74 Å². The molecule has 0 spiro atoms. The van der Waals surface area contributed by atoms with Crippen molar-refractivity contribution in [1.82, 2.24) is 5.32 Å². The minimum atomic E-state index is -0.00107. The first-order valence-corrected chi connectivity index (χ1v) is 6.10. The molecule has 1 N–H and O–H groups in total. The van der Waals surface area contributed by atoms with Gasteiger partial charge in [0.1, 0.15) is 0 Å². The van der Waals surface area contributed by atoms with Crippen molar-refractivity contribution in [3.8, 4) is 0 Å². The van der Waals surface area contributed by atoms with E-state index in [1.165, 1.54) is 0 Å². The van der Waals surface area contributed by atoms with Crippen molar-refractivity contribution < 1.29 is 4.74 Å². The van der Waals surface area contributed by atoms with E-state index in [0.717, 1.165) is 19.6 Å². The van der Waals surface area contributed by atoms with E-state index >= 15 is 0 Å². The van der Waals surface area contributed by atoms with Crippen molar-refractivity contribution in [3.63, 3.8) is 0 Å². The van der Waals surface area contributed by atoms with E-state index in [1.54, 1.807) is 0 Å². The fraction of sp³-hybridized carbons (Fsp3) is 1.00. The van der Waals surface area contributed by atoms with Crippen LogP contribution in [0.15, 0.2) is 0 Å². The van der Waals surface area contributed by atoms with Gasteiger partial charge in [-0.25, -0.2) is 0 Å². The molecule has 0 heterocycles. The van der Waals surface area contributed by atoms with E-state index in [9.17, 15) is 0 Å². The highest BCUT2D eigenvalue weighted by Crippen LogP contribution is 2.22. The van der Waals surface area contributed by atoms with E-state index in [0.29, 0.717) is 6.04 Å². The predicted octanol–water partition coefficient (Wildman–Crippen LogP) is 3.22. The van der Waals surface area contributed by atoms with E-state index in [1.807, 2.05) is 0 Å². The molecule has 0 rings (SSSR count). The van der Waals surface area contributed by atoms with Crippen LogP contribution in [0.4, 0.5) is 0 Å². The van der Waals surface area contributed by atoms with Gasteiger partial charge in [0.25, 0.3) is 0 Å². The quantitative estimate of drug-likeness (QED) is 0.734. The van der Waals surface area contributed by atoms with E-state index in [2.05, 4.69) is 53.8 Å². The molecule has 1 atom stereocenters. The highest BCUT2D eigenvalue weighted by molar-refractivity contribution is 4.81. The molecule has 0 radical (unpaired) electrons. The number of likely N-dealkylation sites (N-methyl/N-ethyl adjacent to an activating group) is 1. The van der Waals surface area contributed by atoms with Gasteiger partial charge in [-0.1, -0.05) is 34.6 Å². The van der Waals surface area contributed by atoms with Crippen molar-refractivity contribution in [2.45, 2.75) is 66.5 Å². The summed E-state index contributed by atoms with van der Waals surface area (Å²) in [6.07, 6.45) is 1.05. The summed E-state index contributed by atoms with van der Waals surface area (Å²) in [4.78, 5) is 0. The monoisotopic (exact) mass is 215 g/mol. The summed E-state index contributed by atoms with van der Waals surface area (Å²) in [5.74, 6) is 0. The molecular weight excluding hydrogens is 186 g/mol. The number of hydrogen-bond acceptors (Lipinski definition) is 2. The molecule has 0 aromatic heterocycles. The average Bonchev–Trinajstić information content (AvgIpc) is 2.10. The Morgan fingerprint density at radius 3 is 1.93 bits per heavy atom. The summed E-state index contributed by atoms with van der Waals surface area (Å²) >= 11 is 0. The second kappa shape index (κ2) is 5.86. The van der Waals surface area contributed by atoms with Crippen molar-refractivity contribution >= 4 is 0 Å². The Bertz CT molecular complexity index is 170. The Balaban J connectivity index is 4.19. The summed E-state index contributed by atoms with van der Waals surface area (Å²) in [6, 6.07) is 0.424. The van der Waals surface area contributed by atoms with Gasteiger partial charge in [-0.05, 0) is 32.2 Å². The lowest BCUT2D eigenvalue weighted by Crippen LogP contribution is -2.45. The van der Waals surface area contributed by atoms with Gasteiger partial charge in [0, 0.05) is 6.04 Å². The molecule has 0 aliphatic heterocycles. The molecule has 15 heavy (non-hydrogen) atoms. The lowest BCUT2D eigenvalue weighted by molar-refractivity contribution is -0.0432. The largest absolute Gasteiger partial charge is 0.374 e. The summed E-state index contributed by atoms with van der Waals surface area (Å²) < 4.78 is 5.96. The third-order valence-corrected chi connectivity index (χ3v) is 2.99. The molecule has 0 fully saturated rings. The van der Waals surface area contributed by atoms with Gasteiger partial charge in [-0.3, -0.25) is 0 Å². The standard InChI is InChI=1S/C13H29NO/c1-8-13(6,7)15-10-11(14-9-2)12(3,4)5/h11,14H,8-10H2,1-7H3. The minimum Gasteiger partial charge on any atom is -0.374 e. The van der Waals surface area contributed by atoms with E-state index in [-0.39, 0.29) is 11.0 Å². The zero-order chi connectivity index (χ0) is 12.1. The average molecular weight is 215 g/mol. The summed E-state index contributed by atoms with van der Waals surface area (Å²) in [5, 5.41) is 3.49. The van der Waals surface area contributed by atoms with E-state index < -0.39 is 0 Å².